The zero-order chi connectivity index (χ0) is 25.0. The summed E-state index contributed by atoms with van der Waals surface area (Å²) in [5, 5.41) is 28.4. The van der Waals surface area contributed by atoms with Gasteiger partial charge in [-0.1, -0.05) is 0 Å². The molecule has 8 N–H and O–H groups in total. The molecule has 0 aromatic heterocycles. The molecule has 1 heterocycles. The van der Waals surface area contributed by atoms with Gasteiger partial charge in [0.2, 0.25) is 23.6 Å². The van der Waals surface area contributed by atoms with Crippen molar-refractivity contribution < 1.29 is 39.0 Å². The van der Waals surface area contributed by atoms with Crippen LogP contribution < -0.4 is 27.0 Å². The number of hydrogen-bond acceptors (Lipinski definition) is 8. The van der Waals surface area contributed by atoms with Gasteiger partial charge in [0, 0.05) is 6.42 Å². The van der Waals surface area contributed by atoms with E-state index in [4.69, 9.17) is 10.8 Å². The van der Waals surface area contributed by atoms with Gasteiger partial charge in [-0.3, -0.25) is 24.0 Å². The van der Waals surface area contributed by atoms with Crippen LogP contribution >= 0.6 is 11.8 Å². The van der Waals surface area contributed by atoms with Crippen molar-refractivity contribution in [1.29, 1.82) is 0 Å². The van der Waals surface area contributed by atoms with Gasteiger partial charge in [-0.15, -0.1) is 0 Å². The first-order chi connectivity index (χ1) is 15.5. The van der Waals surface area contributed by atoms with Crippen molar-refractivity contribution in [2.24, 2.45) is 5.73 Å². The molecule has 1 rings (SSSR count). The van der Waals surface area contributed by atoms with Crippen LogP contribution in [0.5, 0.6) is 0 Å². The Balaban J connectivity index is 2.93. The molecule has 14 heteroatoms. The van der Waals surface area contributed by atoms with E-state index in [1.54, 1.807) is 6.26 Å². The Morgan fingerprint density at radius 3 is 2.15 bits per heavy atom. The summed E-state index contributed by atoms with van der Waals surface area (Å²) in [7, 11) is 0. The molecule has 186 valence electrons. The van der Waals surface area contributed by atoms with Gasteiger partial charge in [0.1, 0.15) is 18.1 Å². The first-order valence-electron chi connectivity index (χ1n) is 10.4. The van der Waals surface area contributed by atoms with Crippen LogP contribution in [0.3, 0.4) is 0 Å². The van der Waals surface area contributed by atoms with E-state index >= 15 is 0 Å². The molecule has 1 aliphatic heterocycles. The molecule has 4 amide bonds. The number of carbonyl (C=O) groups is 6. The predicted octanol–water partition coefficient (Wildman–Crippen LogP) is -2.23. The van der Waals surface area contributed by atoms with Crippen molar-refractivity contribution in [3.05, 3.63) is 0 Å². The van der Waals surface area contributed by atoms with Crippen molar-refractivity contribution >= 4 is 47.3 Å². The van der Waals surface area contributed by atoms with E-state index < -0.39 is 66.2 Å². The van der Waals surface area contributed by atoms with E-state index in [9.17, 15) is 33.9 Å². The van der Waals surface area contributed by atoms with E-state index in [1.807, 2.05) is 0 Å². The summed E-state index contributed by atoms with van der Waals surface area (Å²) in [6.07, 6.45) is 1.99. The average Bonchev–Trinajstić information content (AvgIpc) is 3.27. The van der Waals surface area contributed by atoms with Crippen LogP contribution in [0, 0.1) is 0 Å². The minimum absolute atomic E-state index is 0.0989. The Morgan fingerprint density at radius 1 is 1.00 bits per heavy atom. The zero-order valence-corrected chi connectivity index (χ0v) is 19.1. The van der Waals surface area contributed by atoms with Crippen LogP contribution in [0.2, 0.25) is 0 Å². The molecule has 0 radical (unpaired) electrons. The predicted molar refractivity (Wildman–Crippen MR) is 118 cm³/mol. The highest BCUT2D eigenvalue weighted by Gasteiger charge is 2.32. The lowest BCUT2D eigenvalue weighted by Gasteiger charge is -2.24. The standard InChI is InChI=1S/C19H31N5O8S/c1-33-8-6-12(19(31)32)23-18(30)13(9-15(26)27)24-17(29)11(4-5-14(20)25)22-16(28)10-3-2-7-21-10/h10-13,21H,2-9H2,1H3,(H2,20,25)(H,22,28)(H,23,30)(H,24,29)(H,26,27)(H,31,32). The fourth-order valence-corrected chi connectivity index (χ4v) is 3.63. The van der Waals surface area contributed by atoms with Gasteiger partial charge >= 0.3 is 11.9 Å². The van der Waals surface area contributed by atoms with Crippen molar-refractivity contribution in [2.45, 2.75) is 62.7 Å². The highest BCUT2D eigenvalue weighted by molar-refractivity contribution is 7.98. The summed E-state index contributed by atoms with van der Waals surface area (Å²) < 4.78 is 0. The number of rotatable bonds is 15. The van der Waals surface area contributed by atoms with Gasteiger partial charge in [-0.2, -0.15) is 11.8 Å². The third kappa shape index (κ3) is 10.5. The molecule has 0 spiro atoms. The molecule has 4 unspecified atom stereocenters. The molecule has 1 saturated heterocycles. The Labute approximate surface area is 195 Å². The maximum absolute atomic E-state index is 12.8. The minimum atomic E-state index is -1.59. The first kappa shape index (κ1) is 28.2. The van der Waals surface area contributed by atoms with Crippen molar-refractivity contribution in [1.82, 2.24) is 21.3 Å². The molecule has 13 nitrogen and oxygen atoms in total. The zero-order valence-electron chi connectivity index (χ0n) is 18.3. The third-order valence-electron chi connectivity index (χ3n) is 4.93. The van der Waals surface area contributed by atoms with Crippen LogP contribution in [0.25, 0.3) is 0 Å². The molecule has 0 aromatic rings. The van der Waals surface area contributed by atoms with E-state index in [0.29, 0.717) is 18.7 Å². The van der Waals surface area contributed by atoms with Gasteiger partial charge in [-0.05, 0) is 44.2 Å². The SMILES string of the molecule is CSCCC(NC(=O)C(CC(=O)O)NC(=O)C(CCC(N)=O)NC(=O)C1CCCN1)C(=O)O. The van der Waals surface area contributed by atoms with Gasteiger partial charge in [0.25, 0.3) is 0 Å². The molecule has 0 aromatic carbocycles. The largest absolute Gasteiger partial charge is 0.481 e. The van der Waals surface area contributed by atoms with E-state index in [2.05, 4.69) is 21.3 Å². The maximum Gasteiger partial charge on any atom is 0.326 e. The lowest BCUT2D eigenvalue weighted by atomic mass is 10.1. The lowest BCUT2D eigenvalue weighted by Crippen LogP contribution is -2.57. The number of amides is 4. The Hall–Kier alpha value is -2.87. The minimum Gasteiger partial charge on any atom is -0.481 e. The van der Waals surface area contributed by atoms with Crippen molar-refractivity contribution in [2.75, 3.05) is 18.6 Å². The number of nitrogens with two attached hydrogens (primary N) is 1. The maximum atomic E-state index is 12.8. The van der Waals surface area contributed by atoms with Gasteiger partial charge in [0.05, 0.1) is 12.5 Å². The highest BCUT2D eigenvalue weighted by Crippen LogP contribution is 2.08. The Bertz CT molecular complexity index is 744. The second-order valence-corrected chi connectivity index (χ2v) is 8.54. The molecular weight excluding hydrogens is 458 g/mol. The normalized spacial score (nSPS) is 17.9. The number of carbonyl (C=O) groups excluding carboxylic acids is 4. The van der Waals surface area contributed by atoms with Gasteiger partial charge in [-0.25, -0.2) is 4.79 Å². The topological polar surface area (TPSA) is 217 Å². The summed E-state index contributed by atoms with van der Waals surface area (Å²) in [5.74, 6) is -5.33. The fraction of sp³-hybridized carbons (Fsp3) is 0.684. The third-order valence-corrected chi connectivity index (χ3v) is 5.57. The summed E-state index contributed by atoms with van der Waals surface area (Å²) >= 11 is 1.37. The lowest BCUT2D eigenvalue weighted by molar-refractivity contribution is -0.143. The first-order valence-corrected chi connectivity index (χ1v) is 11.8. The average molecular weight is 490 g/mol. The number of carboxylic acid groups (broad SMARTS) is 2. The van der Waals surface area contributed by atoms with Crippen LogP contribution in [0.1, 0.15) is 38.5 Å². The van der Waals surface area contributed by atoms with Crippen molar-refractivity contribution in [3.8, 4) is 0 Å². The summed E-state index contributed by atoms with van der Waals surface area (Å²) in [6.45, 7) is 0.637. The molecule has 4 atom stereocenters. The monoisotopic (exact) mass is 489 g/mol. The Morgan fingerprint density at radius 2 is 1.64 bits per heavy atom. The number of primary amides is 1. The quantitative estimate of drug-likeness (QED) is 0.131. The molecule has 33 heavy (non-hydrogen) atoms. The van der Waals surface area contributed by atoms with E-state index in [1.165, 1.54) is 11.8 Å². The summed E-state index contributed by atoms with van der Waals surface area (Å²) in [4.78, 5) is 71.6. The Kier molecular flexibility index (Phi) is 12.2. The summed E-state index contributed by atoms with van der Waals surface area (Å²) in [5.41, 5.74) is 5.14. The molecule has 0 saturated carbocycles. The number of hydrogen-bond donors (Lipinski definition) is 7. The van der Waals surface area contributed by atoms with Gasteiger partial charge in [0.15, 0.2) is 0 Å². The molecule has 1 aliphatic rings. The van der Waals surface area contributed by atoms with Crippen LogP contribution in [0.15, 0.2) is 0 Å². The second-order valence-electron chi connectivity index (χ2n) is 7.56. The highest BCUT2D eigenvalue weighted by atomic mass is 32.2. The second kappa shape index (κ2) is 14.3. The van der Waals surface area contributed by atoms with E-state index in [-0.39, 0.29) is 19.3 Å². The summed E-state index contributed by atoms with van der Waals surface area (Å²) in [6, 6.07) is -4.62. The van der Waals surface area contributed by atoms with Crippen LogP contribution in [-0.2, 0) is 28.8 Å². The van der Waals surface area contributed by atoms with Crippen molar-refractivity contribution in [3.63, 3.8) is 0 Å². The smallest absolute Gasteiger partial charge is 0.326 e. The van der Waals surface area contributed by atoms with Gasteiger partial charge < -0.3 is 37.2 Å². The molecular formula is C19H31N5O8S. The molecule has 0 bridgehead atoms. The van der Waals surface area contributed by atoms with Crippen LogP contribution in [-0.4, -0.2) is 88.5 Å². The number of carboxylic acids is 2. The number of thioether (sulfide) groups is 1. The molecule has 1 fully saturated rings. The fourth-order valence-electron chi connectivity index (χ4n) is 3.16. The number of aliphatic carboxylic acids is 2. The van der Waals surface area contributed by atoms with Crippen LogP contribution in [0.4, 0.5) is 0 Å². The number of nitrogens with one attached hydrogen (secondary N) is 4. The molecule has 0 aliphatic carbocycles. The van der Waals surface area contributed by atoms with E-state index in [0.717, 1.165) is 6.42 Å².